The lowest BCUT2D eigenvalue weighted by Crippen LogP contribution is -2.38. The van der Waals surface area contributed by atoms with Gasteiger partial charge in [-0.15, -0.1) is 12.4 Å². The number of halogens is 1. The van der Waals surface area contributed by atoms with E-state index >= 15 is 0 Å². The number of hydrogen-bond acceptors (Lipinski definition) is 5. The molecule has 1 aromatic rings. The second kappa shape index (κ2) is 8.73. The van der Waals surface area contributed by atoms with Crippen molar-refractivity contribution in [3.8, 4) is 11.5 Å². The first kappa shape index (κ1) is 20.0. The van der Waals surface area contributed by atoms with Gasteiger partial charge < -0.3 is 14.8 Å². The summed E-state index contributed by atoms with van der Waals surface area (Å²) in [6.45, 7) is 4.06. The molecule has 2 rings (SSSR count). The Hall–Kier alpha value is -1.02. The second-order valence-electron chi connectivity index (χ2n) is 5.54. The molecule has 1 heterocycles. The zero-order valence-corrected chi connectivity index (χ0v) is 15.4. The standard InChI is InChI=1S/C15H24N2O4S.ClH/c1-11-7-13(20-2)14(21-3)8-15(11)22(18,19)17-10-12-5-4-6-16-9-12;/h7-8,12,16-17H,4-6,9-10H2,1-3H3;1H. The summed E-state index contributed by atoms with van der Waals surface area (Å²) in [6, 6.07) is 3.19. The van der Waals surface area contributed by atoms with E-state index in [1.807, 2.05) is 0 Å². The maximum absolute atomic E-state index is 12.5. The Morgan fingerprint density at radius 1 is 1.26 bits per heavy atom. The third-order valence-electron chi connectivity index (χ3n) is 3.93. The summed E-state index contributed by atoms with van der Waals surface area (Å²) < 4.78 is 38.2. The fourth-order valence-electron chi connectivity index (χ4n) is 2.66. The fourth-order valence-corrected chi connectivity index (χ4v) is 4.01. The number of methoxy groups -OCH3 is 2. The van der Waals surface area contributed by atoms with Crippen molar-refractivity contribution >= 4 is 22.4 Å². The molecule has 0 aliphatic carbocycles. The number of rotatable bonds is 6. The van der Waals surface area contributed by atoms with E-state index in [9.17, 15) is 8.42 Å². The zero-order chi connectivity index (χ0) is 16.2. The molecule has 2 N–H and O–H groups in total. The van der Waals surface area contributed by atoms with Gasteiger partial charge in [-0.1, -0.05) is 0 Å². The summed E-state index contributed by atoms with van der Waals surface area (Å²) in [4.78, 5) is 0.230. The number of nitrogens with one attached hydrogen (secondary N) is 2. The Morgan fingerprint density at radius 2 is 1.91 bits per heavy atom. The van der Waals surface area contributed by atoms with E-state index in [1.54, 1.807) is 13.0 Å². The molecule has 0 amide bonds. The average molecular weight is 365 g/mol. The first-order valence-electron chi connectivity index (χ1n) is 7.41. The third kappa shape index (κ3) is 4.97. The molecule has 1 aliphatic heterocycles. The van der Waals surface area contributed by atoms with Crippen LogP contribution in [0.15, 0.2) is 17.0 Å². The van der Waals surface area contributed by atoms with Crippen LogP contribution in [0.4, 0.5) is 0 Å². The molecular weight excluding hydrogens is 340 g/mol. The van der Waals surface area contributed by atoms with Crippen LogP contribution >= 0.6 is 12.4 Å². The van der Waals surface area contributed by atoms with Crippen LogP contribution < -0.4 is 19.5 Å². The van der Waals surface area contributed by atoms with Gasteiger partial charge in [0, 0.05) is 12.6 Å². The Morgan fingerprint density at radius 3 is 2.48 bits per heavy atom. The SMILES string of the molecule is COc1cc(C)c(S(=O)(=O)NCC2CCCNC2)cc1OC.Cl. The lowest BCUT2D eigenvalue weighted by Gasteiger charge is -2.23. The molecule has 132 valence electrons. The molecule has 0 bridgehead atoms. The van der Waals surface area contributed by atoms with Gasteiger partial charge in [-0.3, -0.25) is 0 Å². The van der Waals surface area contributed by atoms with Gasteiger partial charge in [-0.25, -0.2) is 13.1 Å². The largest absolute Gasteiger partial charge is 0.493 e. The van der Waals surface area contributed by atoms with Crippen LogP contribution in [-0.2, 0) is 10.0 Å². The van der Waals surface area contributed by atoms with Crippen LogP contribution in [-0.4, -0.2) is 42.3 Å². The number of benzene rings is 1. The topological polar surface area (TPSA) is 76.7 Å². The van der Waals surface area contributed by atoms with Crippen LogP contribution in [0.2, 0.25) is 0 Å². The first-order chi connectivity index (χ1) is 10.5. The Kier molecular flexibility index (Phi) is 7.60. The molecule has 1 fully saturated rings. The molecule has 8 heteroatoms. The Bertz CT molecular complexity index is 616. The van der Waals surface area contributed by atoms with Crippen LogP contribution in [0, 0.1) is 12.8 Å². The summed E-state index contributed by atoms with van der Waals surface area (Å²) in [6.07, 6.45) is 2.13. The van der Waals surface area contributed by atoms with Crippen LogP contribution in [0.1, 0.15) is 18.4 Å². The van der Waals surface area contributed by atoms with Crippen molar-refractivity contribution in [2.24, 2.45) is 5.92 Å². The Labute approximate surface area is 144 Å². The van der Waals surface area contributed by atoms with E-state index < -0.39 is 10.0 Å². The number of hydrogen-bond donors (Lipinski definition) is 2. The number of piperidine rings is 1. The highest BCUT2D eigenvalue weighted by Gasteiger charge is 2.22. The van der Waals surface area contributed by atoms with Crippen molar-refractivity contribution in [1.82, 2.24) is 10.0 Å². The smallest absolute Gasteiger partial charge is 0.240 e. The summed E-state index contributed by atoms with van der Waals surface area (Å²) in [5.41, 5.74) is 0.631. The zero-order valence-electron chi connectivity index (χ0n) is 13.7. The van der Waals surface area contributed by atoms with E-state index in [0.29, 0.717) is 29.5 Å². The van der Waals surface area contributed by atoms with Crippen molar-refractivity contribution in [1.29, 1.82) is 0 Å². The van der Waals surface area contributed by atoms with Gasteiger partial charge in [0.25, 0.3) is 0 Å². The highest BCUT2D eigenvalue weighted by molar-refractivity contribution is 7.89. The first-order valence-corrected chi connectivity index (χ1v) is 8.89. The minimum atomic E-state index is -3.56. The molecule has 0 aromatic heterocycles. The summed E-state index contributed by atoms with van der Waals surface area (Å²) in [5.74, 6) is 1.27. The Balaban J connectivity index is 0.00000264. The average Bonchev–Trinajstić information content (AvgIpc) is 2.53. The normalized spacial score (nSPS) is 18.1. The van der Waals surface area contributed by atoms with Gasteiger partial charge in [0.2, 0.25) is 10.0 Å². The van der Waals surface area contributed by atoms with E-state index in [0.717, 1.165) is 25.9 Å². The molecule has 1 aromatic carbocycles. The minimum absolute atomic E-state index is 0. The van der Waals surface area contributed by atoms with Crippen molar-refractivity contribution in [3.63, 3.8) is 0 Å². The van der Waals surface area contributed by atoms with Gasteiger partial charge >= 0.3 is 0 Å². The van der Waals surface area contributed by atoms with E-state index in [-0.39, 0.29) is 17.3 Å². The monoisotopic (exact) mass is 364 g/mol. The van der Waals surface area contributed by atoms with Gasteiger partial charge in [0.1, 0.15) is 0 Å². The van der Waals surface area contributed by atoms with Crippen molar-refractivity contribution in [2.45, 2.75) is 24.7 Å². The molecule has 0 spiro atoms. The van der Waals surface area contributed by atoms with Crippen LogP contribution in [0.25, 0.3) is 0 Å². The van der Waals surface area contributed by atoms with E-state index in [4.69, 9.17) is 9.47 Å². The predicted molar refractivity (Wildman–Crippen MR) is 92.3 cm³/mol. The lowest BCUT2D eigenvalue weighted by atomic mass is 10.0. The second-order valence-corrected chi connectivity index (χ2v) is 7.27. The van der Waals surface area contributed by atoms with Crippen LogP contribution in [0.5, 0.6) is 11.5 Å². The summed E-state index contributed by atoms with van der Waals surface area (Å²) in [7, 11) is -0.543. The minimum Gasteiger partial charge on any atom is -0.493 e. The van der Waals surface area contributed by atoms with E-state index in [1.165, 1.54) is 20.3 Å². The molecule has 1 saturated heterocycles. The van der Waals surface area contributed by atoms with Crippen molar-refractivity contribution in [2.75, 3.05) is 33.9 Å². The quantitative estimate of drug-likeness (QED) is 0.803. The van der Waals surface area contributed by atoms with E-state index in [2.05, 4.69) is 10.0 Å². The van der Waals surface area contributed by atoms with Crippen LogP contribution in [0.3, 0.4) is 0 Å². The predicted octanol–water partition coefficient (Wildman–Crippen LogP) is 1.71. The molecule has 1 atom stereocenters. The summed E-state index contributed by atoms with van der Waals surface area (Å²) in [5, 5.41) is 3.28. The third-order valence-corrected chi connectivity index (χ3v) is 5.50. The highest BCUT2D eigenvalue weighted by atomic mass is 35.5. The molecule has 0 radical (unpaired) electrons. The molecule has 23 heavy (non-hydrogen) atoms. The maximum Gasteiger partial charge on any atom is 0.240 e. The van der Waals surface area contributed by atoms with Gasteiger partial charge in [0.15, 0.2) is 11.5 Å². The van der Waals surface area contributed by atoms with Gasteiger partial charge in [-0.2, -0.15) is 0 Å². The lowest BCUT2D eigenvalue weighted by molar-refractivity contribution is 0.353. The van der Waals surface area contributed by atoms with Crippen molar-refractivity contribution < 1.29 is 17.9 Å². The summed E-state index contributed by atoms with van der Waals surface area (Å²) >= 11 is 0. The molecule has 1 aliphatic rings. The molecule has 1 unspecified atom stereocenters. The fraction of sp³-hybridized carbons (Fsp3) is 0.600. The number of sulfonamides is 1. The van der Waals surface area contributed by atoms with Crippen molar-refractivity contribution in [3.05, 3.63) is 17.7 Å². The molecular formula is C15H25ClN2O4S. The van der Waals surface area contributed by atoms with Gasteiger partial charge in [0.05, 0.1) is 19.1 Å². The number of aryl methyl sites for hydroxylation is 1. The molecule has 6 nitrogen and oxygen atoms in total. The highest BCUT2D eigenvalue weighted by Crippen LogP contribution is 2.32. The number of ether oxygens (including phenoxy) is 2. The molecule has 0 saturated carbocycles. The maximum atomic E-state index is 12.5. The van der Waals surface area contributed by atoms with Gasteiger partial charge in [-0.05, 0) is 50.4 Å².